The maximum absolute atomic E-state index is 13.6. The Balaban J connectivity index is 1.51. The van der Waals surface area contributed by atoms with Crippen LogP contribution in [0.5, 0.6) is 5.75 Å². The van der Waals surface area contributed by atoms with Gasteiger partial charge < -0.3 is 4.74 Å². The molecule has 1 heterocycles. The molecule has 5 rings (SSSR count). The molecule has 1 fully saturated rings. The van der Waals surface area contributed by atoms with Crippen molar-refractivity contribution in [3.63, 3.8) is 0 Å². The van der Waals surface area contributed by atoms with E-state index >= 15 is 0 Å². The lowest BCUT2D eigenvalue weighted by Gasteiger charge is -2.19. The van der Waals surface area contributed by atoms with Crippen molar-refractivity contribution in [3.8, 4) is 5.75 Å². The average molecular weight is 538 g/mol. The van der Waals surface area contributed by atoms with E-state index in [0.29, 0.717) is 15.8 Å². The van der Waals surface area contributed by atoms with Crippen LogP contribution in [0.15, 0.2) is 94.8 Å². The Morgan fingerprint density at radius 2 is 1.72 bits per heavy atom. The molecule has 7 nitrogen and oxygen atoms in total. The summed E-state index contributed by atoms with van der Waals surface area (Å²) >= 11 is 1.35. The van der Waals surface area contributed by atoms with Crippen molar-refractivity contribution in [1.82, 2.24) is 4.90 Å². The van der Waals surface area contributed by atoms with Gasteiger partial charge in [0.1, 0.15) is 12.4 Å². The summed E-state index contributed by atoms with van der Waals surface area (Å²) in [5, 5.41) is 13.6. The van der Waals surface area contributed by atoms with Crippen LogP contribution >= 0.6 is 11.8 Å². The maximum atomic E-state index is 13.6. The fraction of sp³-hybridized carbons (Fsp3) is 0.161. The zero-order valence-electron chi connectivity index (χ0n) is 21.8. The predicted molar refractivity (Wildman–Crippen MR) is 157 cm³/mol. The second kappa shape index (κ2) is 11.1. The zero-order valence-corrected chi connectivity index (χ0v) is 22.6. The minimum absolute atomic E-state index is 0.0319. The number of amides is 1. The van der Waals surface area contributed by atoms with E-state index in [9.17, 15) is 14.9 Å². The molecule has 0 atom stereocenters. The van der Waals surface area contributed by atoms with Gasteiger partial charge in [-0.3, -0.25) is 19.8 Å². The highest BCUT2D eigenvalue weighted by Gasteiger charge is 2.35. The van der Waals surface area contributed by atoms with Gasteiger partial charge in [0.25, 0.3) is 11.6 Å². The molecule has 196 valence electrons. The number of carbonyl (C=O) groups excluding carboxylic acids is 1. The molecule has 0 aromatic heterocycles. The molecule has 0 bridgehead atoms. The summed E-state index contributed by atoms with van der Waals surface area (Å²) < 4.78 is 6.21. The van der Waals surface area contributed by atoms with E-state index in [2.05, 4.69) is 0 Å². The Hall–Kier alpha value is -4.43. The topological polar surface area (TPSA) is 85.0 Å². The fourth-order valence-corrected chi connectivity index (χ4v) is 5.41. The van der Waals surface area contributed by atoms with Crippen LogP contribution in [0, 0.1) is 17.0 Å². The third-order valence-corrected chi connectivity index (χ3v) is 7.34. The molecule has 8 heteroatoms. The summed E-state index contributed by atoms with van der Waals surface area (Å²) in [5.41, 5.74) is 3.57. The number of nitrogens with zero attached hydrogens (tertiary/aromatic N) is 3. The van der Waals surface area contributed by atoms with Gasteiger partial charge in [-0.1, -0.05) is 48.0 Å². The minimum atomic E-state index is -0.425. The van der Waals surface area contributed by atoms with E-state index in [1.54, 1.807) is 17.0 Å². The number of nitro benzene ring substituents is 1. The molecule has 39 heavy (non-hydrogen) atoms. The van der Waals surface area contributed by atoms with Crippen LogP contribution in [-0.2, 0) is 11.4 Å². The van der Waals surface area contributed by atoms with Crippen LogP contribution in [0.3, 0.4) is 0 Å². The molecule has 0 aliphatic carbocycles. The number of benzene rings is 4. The lowest BCUT2D eigenvalue weighted by atomic mass is 10.0. The first kappa shape index (κ1) is 26.2. The summed E-state index contributed by atoms with van der Waals surface area (Å²) in [7, 11) is 0. The molecule has 1 aliphatic heterocycles. The van der Waals surface area contributed by atoms with Gasteiger partial charge in [-0.05, 0) is 85.3 Å². The standard InChI is InChI=1S/C31H27N3O4S/c1-20(2)33-30(35)29(39-31(33)32-24-13-8-21(3)9-14-24)18-27-26-7-5-4-6-23(26)12-17-28(27)38-19-22-10-15-25(16-11-22)34(36)37/h4-18,20H,19H2,1-3H3/b29-18+,32-31?. The number of rotatable bonds is 7. The summed E-state index contributed by atoms with van der Waals surface area (Å²) in [6, 6.07) is 26.0. The number of hydrogen-bond donors (Lipinski definition) is 0. The highest BCUT2D eigenvalue weighted by molar-refractivity contribution is 8.18. The number of amidine groups is 1. The van der Waals surface area contributed by atoms with Gasteiger partial charge in [0.2, 0.25) is 0 Å². The average Bonchev–Trinajstić information content (AvgIpc) is 3.24. The van der Waals surface area contributed by atoms with E-state index in [-0.39, 0.29) is 24.2 Å². The van der Waals surface area contributed by atoms with Crippen LogP contribution in [0.25, 0.3) is 16.8 Å². The van der Waals surface area contributed by atoms with Gasteiger partial charge in [0.15, 0.2) is 5.17 Å². The van der Waals surface area contributed by atoms with Crippen molar-refractivity contribution in [2.24, 2.45) is 4.99 Å². The Morgan fingerprint density at radius 3 is 2.41 bits per heavy atom. The van der Waals surface area contributed by atoms with Crippen LogP contribution in [0.4, 0.5) is 11.4 Å². The molecular weight excluding hydrogens is 510 g/mol. The number of non-ortho nitro benzene ring substituents is 1. The Bertz CT molecular complexity index is 1610. The van der Waals surface area contributed by atoms with Gasteiger partial charge in [0, 0.05) is 23.7 Å². The first-order valence-corrected chi connectivity index (χ1v) is 13.4. The Kier molecular flexibility index (Phi) is 7.47. The van der Waals surface area contributed by atoms with E-state index < -0.39 is 4.92 Å². The second-order valence-corrected chi connectivity index (χ2v) is 10.5. The molecule has 1 saturated heterocycles. The van der Waals surface area contributed by atoms with E-state index in [1.807, 2.05) is 87.5 Å². The molecule has 1 amide bonds. The monoisotopic (exact) mass is 537 g/mol. The van der Waals surface area contributed by atoms with Crippen molar-refractivity contribution in [3.05, 3.63) is 117 Å². The van der Waals surface area contributed by atoms with Crippen LogP contribution in [0.2, 0.25) is 0 Å². The molecule has 0 N–H and O–H groups in total. The lowest BCUT2D eigenvalue weighted by molar-refractivity contribution is -0.384. The largest absolute Gasteiger partial charge is 0.488 e. The van der Waals surface area contributed by atoms with E-state index in [0.717, 1.165) is 33.2 Å². The highest BCUT2D eigenvalue weighted by Crippen LogP contribution is 2.39. The number of aliphatic imine (C=N–C) groups is 1. The first-order valence-electron chi connectivity index (χ1n) is 12.6. The smallest absolute Gasteiger partial charge is 0.269 e. The molecule has 0 saturated carbocycles. The lowest BCUT2D eigenvalue weighted by Crippen LogP contribution is -2.35. The normalized spacial score (nSPS) is 15.6. The first-order chi connectivity index (χ1) is 18.8. The zero-order chi connectivity index (χ0) is 27.5. The summed E-state index contributed by atoms with van der Waals surface area (Å²) in [6.07, 6.45) is 1.88. The highest BCUT2D eigenvalue weighted by atomic mass is 32.2. The third kappa shape index (κ3) is 5.71. The number of hydrogen-bond acceptors (Lipinski definition) is 6. The van der Waals surface area contributed by atoms with Crippen molar-refractivity contribution in [2.75, 3.05) is 0 Å². The van der Waals surface area contributed by atoms with Crippen molar-refractivity contribution in [2.45, 2.75) is 33.4 Å². The Labute approximate surface area is 231 Å². The SMILES string of the molecule is Cc1ccc(N=C2S/C(=C/c3c(OCc4ccc([N+](=O)[O-])cc4)ccc4ccccc34)C(=O)N2C(C)C)cc1. The van der Waals surface area contributed by atoms with Crippen molar-refractivity contribution >= 4 is 51.1 Å². The number of ether oxygens (including phenoxy) is 1. The summed E-state index contributed by atoms with van der Waals surface area (Å²) in [5.74, 6) is 0.517. The number of aryl methyl sites for hydroxylation is 1. The molecule has 0 spiro atoms. The van der Waals surface area contributed by atoms with Gasteiger partial charge in [-0.2, -0.15) is 0 Å². The third-order valence-electron chi connectivity index (χ3n) is 6.36. The van der Waals surface area contributed by atoms with Crippen LogP contribution < -0.4 is 4.74 Å². The summed E-state index contributed by atoms with van der Waals surface area (Å²) in [6.45, 7) is 6.20. The second-order valence-electron chi connectivity index (χ2n) is 9.52. The molecule has 4 aromatic carbocycles. The van der Waals surface area contributed by atoms with Crippen molar-refractivity contribution in [1.29, 1.82) is 0 Å². The van der Waals surface area contributed by atoms with E-state index in [1.165, 1.54) is 23.9 Å². The molecule has 0 radical (unpaired) electrons. The number of carbonyl (C=O) groups is 1. The van der Waals surface area contributed by atoms with Crippen LogP contribution in [-0.4, -0.2) is 26.9 Å². The van der Waals surface area contributed by atoms with Gasteiger partial charge >= 0.3 is 0 Å². The number of nitro groups is 1. The summed E-state index contributed by atoms with van der Waals surface area (Å²) in [4.78, 5) is 31.2. The predicted octanol–water partition coefficient (Wildman–Crippen LogP) is 7.65. The molecule has 1 aliphatic rings. The quantitative estimate of drug-likeness (QED) is 0.137. The molecular formula is C31H27N3O4S. The van der Waals surface area contributed by atoms with Crippen molar-refractivity contribution < 1.29 is 14.5 Å². The minimum Gasteiger partial charge on any atom is -0.488 e. The van der Waals surface area contributed by atoms with Gasteiger partial charge in [0.05, 0.1) is 15.5 Å². The molecule has 4 aromatic rings. The number of thioether (sulfide) groups is 1. The fourth-order valence-electron chi connectivity index (χ4n) is 4.31. The van der Waals surface area contributed by atoms with Gasteiger partial charge in [-0.25, -0.2) is 4.99 Å². The van der Waals surface area contributed by atoms with Gasteiger partial charge in [-0.15, -0.1) is 0 Å². The number of fused-ring (bicyclic) bond motifs is 1. The van der Waals surface area contributed by atoms with E-state index in [4.69, 9.17) is 9.73 Å². The van der Waals surface area contributed by atoms with Crippen LogP contribution in [0.1, 0.15) is 30.5 Å². The molecule has 0 unspecified atom stereocenters. The Morgan fingerprint density at radius 1 is 1.00 bits per heavy atom. The maximum Gasteiger partial charge on any atom is 0.269 e.